The van der Waals surface area contributed by atoms with Gasteiger partial charge in [-0.2, -0.15) is 12.6 Å². The first-order chi connectivity index (χ1) is 6.06. The van der Waals surface area contributed by atoms with Gasteiger partial charge in [0, 0.05) is 12.3 Å². The number of amides is 3. The van der Waals surface area contributed by atoms with Crippen LogP contribution in [0, 0.1) is 0 Å². The minimum atomic E-state index is -0.768. The third kappa shape index (κ3) is 1.52. The number of hydrogen-bond acceptors (Lipinski definition) is 3. The van der Waals surface area contributed by atoms with Gasteiger partial charge >= 0.3 is 6.03 Å². The Kier molecular flexibility index (Phi) is 2.85. The smallest absolute Gasteiger partial charge is 0.309 e. The Labute approximate surface area is 83.1 Å². The molecule has 0 aliphatic carbocycles. The number of carbonyl (C=O) groups is 2. The molecule has 1 unspecified atom stereocenters. The van der Waals surface area contributed by atoms with Crippen molar-refractivity contribution in [2.75, 3.05) is 12.3 Å². The van der Waals surface area contributed by atoms with E-state index in [2.05, 4.69) is 17.9 Å². The summed E-state index contributed by atoms with van der Waals surface area (Å²) in [4.78, 5) is 24.3. The highest BCUT2D eigenvalue weighted by molar-refractivity contribution is 7.80. The SMILES string of the molecule is CCCN1C(=O)NC(=O)C1(C)CS. The van der Waals surface area contributed by atoms with Gasteiger partial charge in [-0.05, 0) is 13.3 Å². The lowest BCUT2D eigenvalue weighted by atomic mass is 10.0. The van der Waals surface area contributed by atoms with Crippen LogP contribution < -0.4 is 5.32 Å². The highest BCUT2D eigenvalue weighted by Gasteiger charge is 2.47. The minimum absolute atomic E-state index is 0.249. The molecule has 0 spiro atoms. The van der Waals surface area contributed by atoms with Crippen LogP contribution in [0.2, 0.25) is 0 Å². The Morgan fingerprint density at radius 2 is 2.15 bits per heavy atom. The zero-order chi connectivity index (χ0) is 10.1. The highest BCUT2D eigenvalue weighted by Crippen LogP contribution is 2.22. The van der Waals surface area contributed by atoms with Gasteiger partial charge in [0.25, 0.3) is 5.91 Å². The first kappa shape index (κ1) is 10.4. The topological polar surface area (TPSA) is 49.4 Å². The van der Waals surface area contributed by atoms with E-state index < -0.39 is 5.54 Å². The Morgan fingerprint density at radius 1 is 1.54 bits per heavy atom. The molecular weight excluding hydrogens is 188 g/mol. The van der Waals surface area contributed by atoms with Gasteiger partial charge in [0.1, 0.15) is 5.54 Å². The molecule has 5 heteroatoms. The average molecular weight is 202 g/mol. The minimum Gasteiger partial charge on any atom is -0.309 e. The van der Waals surface area contributed by atoms with Gasteiger partial charge in [0.05, 0.1) is 0 Å². The number of nitrogens with zero attached hydrogens (tertiary/aromatic N) is 1. The summed E-state index contributed by atoms with van der Waals surface area (Å²) in [5, 5.41) is 2.29. The van der Waals surface area contributed by atoms with E-state index >= 15 is 0 Å². The predicted octanol–water partition coefficient (Wildman–Crippen LogP) is 0.637. The van der Waals surface area contributed by atoms with E-state index in [4.69, 9.17) is 0 Å². The Bertz CT molecular complexity index is 244. The standard InChI is InChI=1S/C8H14N2O2S/c1-3-4-10-7(12)9-6(11)8(10,2)5-13/h13H,3-5H2,1-2H3,(H,9,11,12). The molecule has 3 amide bonds. The van der Waals surface area contributed by atoms with Crippen molar-refractivity contribution in [2.24, 2.45) is 0 Å². The number of hydrogen-bond donors (Lipinski definition) is 2. The highest BCUT2D eigenvalue weighted by atomic mass is 32.1. The number of carbonyl (C=O) groups excluding carboxylic acids is 2. The molecule has 1 aliphatic heterocycles. The molecule has 0 bridgehead atoms. The summed E-state index contributed by atoms with van der Waals surface area (Å²) in [6.07, 6.45) is 0.837. The summed E-state index contributed by atoms with van der Waals surface area (Å²) in [5.41, 5.74) is -0.768. The summed E-state index contributed by atoms with van der Waals surface area (Å²) >= 11 is 4.10. The van der Waals surface area contributed by atoms with E-state index in [0.29, 0.717) is 12.3 Å². The van der Waals surface area contributed by atoms with Gasteiger partial charge in [0.15, 0.2) is 0 Å². The molecule has 1 aliphatic rings. The molecule has 13 heavy (non-hydrogen) atoms. The number of nitrogens with one attached hydrogen (secondary N) is 1. The Morgan fingerprint density at radius 3 is 2.62 bits per heavy atom. The molecule has 1 atom stereocenters. The van der Waals surface area contributed by atoms with E-state index in [0.717, 1.165) is 6.42 Å². The van der Waals surface area contributed by atoms with Crippen LogP contribution in [0.15, 0.2) is 0 Å². The second-order valence-corrected chi connectivity index (χ2v) is 3.66. The molecule has 74 valence electrons. The molecule has 4 nitrogen and oxygen atoms in total. The molecule has 0 radical (unpaired) electrons. The van der Waals surface area contributed by atoms with E-state index in [1.807, 2.05) is 6.92 Å². The van der Waals surface area contributed by atoms with Crippen LogP contribution in [0.5, 0.6) is 0 Å². The molecule has 0 aromatic rings. The van der Waals surface area contributed by atoms with Crippen molar-refractivity contribution >= 4 is 24.6 Å². The summed E-state index contributed by atoms with van der Waals surface area (Å²) in [6, 6.07) is -0.302. The third-order valence-corrected chi connectivity index (χ3v) is 2.92. The van der Waals surface area contributed by atoms with Crippen LogP contribution in [0.3, 0.4) is 0 Å². The van der Waals surface area contributed by atoms with Crippen LogP contribution >= 0.6 is 12.6 Å². The fourth-order valence-electron chi connectivity index (χ4n) is 1.38. The monoisotopic (exact) mass is 202 g/mol. The molecular formula is C8H14N2O2S. The second kappa shape index (κ2) is 3.57. The summed E-state index contributed by atoms with van der Waals surface area (Å²) in [5.74, 6) is 0.103. The molecule has 0 aromatic heterocycles. The van der Waals surface area contributed by atoms with Crippen molar-refractivity contribution < 1.29 is 9.59 Å². The second-order valence-electron chi connectivity index (χ2n) is 3.34. The van der Waals surface area contributed by atoms with Crippen LogP contribution in [0.25, 0.3) is 0 Å². The van der Waals surface area contributed by atoms with Crippen LogP contribution in [-0.4, -0.2) is 34.7 Å². The maximum Gasteiger partial charge on any atom is 0.325 e. The Balaban J connectivity index is 2.89. The molecule has 1 N–H and O–H groups in total. The van der Waals surface area contributed by atoms with Crippen molar-refractivity contribution in [3.05, 3.63) is 0 Å². The van der Waals surface area contributed by atoms with Crippen LogP contribution in [0.4, 0.5) is 4.79 Å². The van der Waals surface area contributed by atoms with Crippen LogP contribution in [0.1, 0.15) is 20.3 Å². The van der Waals surface area contributed by atoms with E-state index in [9.17, 15) is 9.59 Å². The Hall–Kier alpha value is -0.710. The van der Waals surface area contributed by atoms with Crippen molar-refractivity contribution in [1.82, 2.24) is 10.2 Å². The van der Waals surface area contributed by atoms with Gasteiger partial charge in [-0.25, -0.2) is 4.79 Å². The maximum absolute atomic E-state index is 11.4. The summed E-state index contributed by atoms with van der Waals surface area (Å²) in [6.45, 7) is 4.29. The van der Waals surface area contributed by atoms with E-state index in [1.165, 1.54) is 0 Å². The van der Waals surface area contributed by atoms with Gasteiger partial charge in [-0.15, -0.1) is 0 Å². The zero-order valence-electron chi connectivity index (χ0n) is 7.83. The van der Waals surface area contributed by atoms with Crippen molar-refractivity contribution in [3.8, 4) is 0 Å². The zero-order valence-corrected chi connectivity index (χ0v) is 8.73. The number of thiol groups is 1. The summed E-state index contributed by atoms with van der Waals surface area (Å²) in [7, 11) is 0. The van der Waals surface area contributed by atoms with Crippen molar-refractivity contribution in [1.29, 1.82) is 0 Å². The largest absolute Gasteiger partial charge is 0.325 e. The van der Waals surface area contributed by atoms with Crippen molar-refractivity contribution in [3.63, 3.8) is 0 Å². The quantitative estimate of drug-likeness (QED) is 0.521. The fraction of sp³-hybridized carbons (Fsp3) is 0.750. The number of imide groups is 1. The van der Waals surface area contributed by atoms with E-state index in [-0.39, 0.29) is 11.9 Å². The molecule has 1 fully saturated rings. The number of urea groups is 1. The molecule has 1 heterocycles. The van der Waals surface area contributed by atoms with Gasteiger partial charge < -0.3 is 4.90 Å². The first-order valence-corrected chi connectivity index (χ1v) is 4.93. The molecule has 0 saturated carbocycles. The number of rotatable bonds is 3. The normalized spacial score (nSPS) is 28.1. The molecule has 0 aromatic carbocycles. The lowest BCUT2D eigenvalue weighted by Crippen LogP contribution is -2.49. The van der Waals surface area contributed by atoms with Gasteiger partial charge in [-0.1, -0.05) is 6.92 Å². The van der Waals surface area contributed by atoms with Crippen LogP contribution in [-0.2, 0) is 4.79 Å². The third-order valence-electron chi connectivity index (χ3n) is 2.31. The van der Waals surface area contributed by atoms with E-state index in [1.54, 1.807) is 11.8 Å². The van der Waals surface area contributed by atoms with Gasteiger partial charge in [-0.3, -0.25) is 10.1 Å². The van der Waals surface area contributed by atoms with Crippen molar-refractivity contribution in [2.45, 2.75) is 25.8 Å². The molecule has 1 saturated heterocycles. The fourth-order valence-corrected chi connectivity index (χ4v) is 1.69. The lowest BCUT2D eigenvalue weighted by molar-refractivity contribution is -0.124. The average Bonchev–Trinajstić information content (AvgIpc) is 2.31. The molecule has 1 rings (SSSR count). The predicted molar refractivity (Wildman–Crippen MR) is 52.8 cm³/mol. The first-order valence-electron chi connectivity index (χ1n) is 4.30. The van der Waals surface area contributed by atoms with Gasteiger partial charge in [0.2, 0.25) is 0 Å². The lowest BCUT2D eigenvalue weighted by Gasteiger charge is -2.29. The maximum atomic E-state index is 11.4. The summed E-state index contributed by atoms with van der Waals surface area (Å²) < 4.78 is 0.